The number of Topliss-reactive ketones (excluding diaryl/α,β-unsaturated/α-hetero) is 1. The first kappa shape index (κ1) is 12.6. The van der Waals surface area contributed by atoms with Crippen molar-refractivity contribution in [3.05, 3.63) is 18.0 Å². The standard InChI is InChI=1S/C17H24N2O/c1-2-5-19-15(3-4-18-19)17(20)16-13-7-11-6-12(9-13)10-14(16)8-11/h3-4,11-14,16H,2,5-10H2,1H3. The van der Waals surface area contributed by atoms with Gasteiger partial charge in [0, 0.05) is 18.7 Å². The van der Waals surface area contributed by atoms with Crippen LogP contribution in [0, 0.1) is 29.6 Å². The number of aromatic nitrogens is 2. The Bertz CT molecular complexity index is 491. The van der Waals surface area contributed by atoms with Crippen molar-refractivity contribution in [3.63, 3.8) is 0 Å². The zero-order chi connectivity index (χ0) is 13.7. The lowest BCUT2D eigenvalue weighted by atomic mass is 9.51. The van der Waals surface area contributed by atoms with Crippen molar-refractivity contribution in [1.82, 2.24) is 9.78 Å². The van der Waals surface area contributed by atoms with E-state index in [-0.39, 0.29) is 0 Å². The van der Waals surface area contributed by atoms with Crippen LogP contribution >= 0.6 is 0 Å². The minimum absolute atomic E-state index is 0.301. The number of aryl methyl sites for hydroxylation is 1. The summed E-state index contributed by atoms with van der Waals surface area (Å²) in [7, 11) is 0. The Balaban J connectivity index is 1.61. The third-order valence-electron chi connectivity index (χ3n) is 5.93. The smallest absolute Gasteiger partial charge is 0.184 e. The second kappa shape index (κ2) is 4.71. The summed E-state index contributed by atoms with van der Waals surface area (Å²) in [4.78, 5) is 13.0. The fourth-order valence-corrected chi connectivity index (χ4v) is 5.46. The minimum atomic E-state index is 0.301. The molecule has 1 aromatic heterocycles. The predicted octanol–water partition coefficient (Wildman–Crippen LogP) is 3.55. The van der Waals surface area contributed by atoms with Crippen LogP contribution in [0.2, 0.25) is 0 Å². The third kappa shape index (κ3) is 1.86. The number of carbonyl (C=O) groups is 1. The lowest BCUT2D eigenvalue weighted by Gasteiger charge is -2.53. The maximum Gasteiger partial charge on any atom is 0.184 e. The fourth-order valence-electron chi connectivity index (χ4n) is 5.46. The van der Waals surface area contributed by atoms with Gasteiger partial charge in [0.15, 0.2) is 5.78 Å². The highest BCUT2D eigenvalue weighted by Crippen LogP contribution is 2.57. The number of hydrogen-bond acceptors (Lipinski definition) is 2. The highest BCUT2D eigenvalue weighted by molar-refractivity contribution is 5.96. The molecule has 0 saturated heterocycles. The van der Waals surface area contributed by atoms with Gasteiger partial charge >= 0.3 is 0 Å². The van der Waals surface area contributed by atoms with Gasteiger partial charge in [0.1, 0.15) is 5.69 Å². The molecule has 0 aliphatic heterocycles. The van der Waals surface area contributed by atoms with Crippen molar-refractivity contribution >= 4 is 5.78 Å². The van der Waals surface area contributed by atoms with Gasteiger partial charge in [-0.2, -0.15) is 5.10 Å². The molecule has 0 radical (unpaired) electrons. The molecule has 1 aromatic rings. The molecule has 5 rings (SSSR count). The highest BCUT2D eigenvalue weighted by Gasteiger charge is 2.51. The monoisotopic (exact) mass is 272 g/mol. The first-order valence-electron chi connectivity index (χ1n) is 8.32. The van der Waals surface area contributed by atoms with Crippen LogP contribution in [0.1, 0.15) is 55.9 Å². The van der Waals surface area contributed by atoms with E-state index in [2.05, 4.69) is 12.0 Å². The van der Waals surface area contributed by atoms with Crippen LogP contribution in [0.4, 0.5) is 0 Å². The Kier molecular flexibility index (Phi) is 2.97. The number of ketones is 1. The van der Waals surface area contributed by atoms with Crippen molar-refractivity contribution in [2.24, 2.45) is 29.6 Å². The minimum Gasteiger partial charge on any atom is -0.292 e. The Morgan fingerprint density at radius 2 is 1.85 bits per heavy atom. The molecular formula is C17H24N2O. The molecule has 4 aliphatic rings. The molecule has 3 nitrogen and oxygen atoms in total. The summed E-state index contributed by atoms with van der Waals surface area (Å²) in [5.74, 6) is 3.90. The lowest BCUT2D eigenvalue weighted by Crippen LogP contribution is -2.48. The topological polar surface area (TPSA) is 34.9 Å². The summed E-state index contributed by atoms with van der Waals surface area (Å²) in [6.45, 7) is 3.00. The van der Waals surface area contributed by atoms with Gasteiger partial charge < -0.3 is 0 Å². The molecule has 4 fully saturated rings. The van der Waals surface area contributed by atoms with Gasteiger partial charge in [-0.15, -0.1) is 0 Å². The second-order valence-electron chi connectivity index (χ2n) is 7.26. The van der Waals surface area contributed by atoms with E-state index in [0.29, 0.717) is 23.5 Å². The molecule has 108 valence electrons. The average Bonchev–Trinajstić information content (AvgIpc) is 2.86. The zero-order valence-corrected chi connectivity index (χ0v) is 12.3. The number of hydrogen-bond donors (Lipinski definition) is 0. The first-order valence-corrected chi connectivity index (χ1v) is 8.32. The fraction of sp³-hybridized carbons (Fsp3) is 0.765. The van der Waals surface area contributed by atoms with Crippen LogP contribution in [-0.2, 0) is 6.54 Å². The Morgan fingerprint density at radius 1 is 1.20 bits per heavy atom. The van der Waals surface area contributed by atoms with Gasteiger partial charge in [-0.05, 0) is 68.3 Å². The largest absolute Gasteiger partial charge is 0.292 e. The zero-order valence-electron chi connectivity index (χ0n) is 12.3. The van der Waals surface area contributed by atoms with E-state index in [0.717, 1.165) is 30.5 Å². The quantitative estimate of drug-likeness (QED) is 0.786. The lowest BCUT2D eigenvalue weighted by molar-refractivity contribution is -0.0255. The van der Waals surface area contributed by atoms with Crippen molar-refractivity contribution in [2.75, 3.05) is 0 Å². The summed E-state index contributed by atoms with van der Waals surface area (Å²) >= 11 is 0. The molecule has 4 saturated carbocycles. The van der Waals surface area contributed by atoms with E-state index >= 15 is 0 Å². The maximum atomic E-state index is 13.0. The van der Waals surface area contributed by atoms with Crippen LogP contribution in [0.5, 0.6) is 0 Å². The molecule has 1 heterocycles. The molecule has 4 aliphatic carbocycles. The van der Waals surface area contributed by atoms with Crippen molar-refractivity contribution in [3.8, 4) is 0 Å². The highest BCUT2D eigenvalue weighted by atomic mass is 16.1. The maximum absolute atomic E-state index is 13.0. The van der Waals surface area contributed by atoms with E-state index in [9.17, 15) is 4.79 Å². The molecule has 3 heteroatoms. The number of nitrogens with zero attached hydrogens (tertiary/aromatic N) is 2. The Hall–Kier alpha value is -1.12. The molecule has 0 spiro atoms. The molecule has 0 amide bonds. The van der Waals surface area contributed by atoms with Crippen LogP contribution in [-0.4, -0.2) is 15.6 Å². The molecule has 4 bridgehead atoms. The average molecular weight is 272 g/mol. The van der Waals surface area contributed by atoms with Crippen molar-refractivity contribution in [2.45, 2.75) is 52.0 Å². The van der Waals surface area contributed by atoms with Crippen molar-refractivity contribution < 1.29 is 4.79 Å². The van der Waals surface area contributed by atoms with Crippen LogP contribution in [0.3, 0.4) is 0 Å². The third-order valence-corrected chi connectivity index (χ3v) is 5.93. The Morgan fingerprint density at radius 3 is 2.45 bits per heavy atom. The van der Waals surface area contributed by atoms with E-state index in [1.165, 1.54) is 32.1 Å². The number of carbonyl (C=O) groups excluding carboxylic acids is 1. The van der Waals surface area contributed by atoms with Gasteiger partial charge in [0.25, 0.3) is 0 Å². The summed E-state index contributed by atoms with van der Waals surface area (Å²) in [5, 5.41) is 4.34. The Labute approximate surface area is 120 Å². The molecule has 20 heavy (non-hydrogen) atoms. The summed E-state index contributed by atoms with van der Waals surface area (Å²) < 4.78 is 1.92. The summed E-state index contributed by atoms with van der Waals surface area (Å²) in [5.41, 5.74) is 0.865. The van der Waals surface area contributed by atoms with Gasteiger partial charge in [0.05, 0.1) is 0 Å². The van der Waals surface area contributed by atoms with Gasteiger partial charge in [0.2, 0.25) is 0 Å². The second-order valence-corrected chi connectivity index (χ2v) is 7.26. The van der Waals surface area contributed by atoms with Gasteiger partial charge in [-0.3, -0.25) is 9.48 Å². The predicted molar refractivity (Wildman–Crippen MR) is 77.4 cm³/mol. The molecule has 0 N–H and O–H groups in total. The molecular weight excluding hydrogens is 248 g/mol. The van der Waals surface area contributed by atoms with Gasteiger partial charge in [-0.25, -0.2) is 0 Å². The normalized spacial score (nSPS) is 38.4. The summed E-state index contributed by atoms with van der Waals surface area (Å²) in [6, 6.07) is 1.93. The SMILES string of the molecule is CCCn1nccc1C(=O)C1C2CC3CC(C2)CC1C3. The van der Waals surface area contributed by atoms with E-state index < -0.39 is 0 Å². The molecule has 0 unspecified atom stereocenters. The molecule has 0 aromatic carbocycles. The van der Waals surface area contributed by atoms with Crippen LogP contribution in [0.25, 0.3) is 0 Å². The van der Waals surface area contributed by atoms with Crippen LogP contribution in [0.15, 0.2) is 12.3 Å². The van der Waals surface area contributed by atoms with Crippen molar-refractivity contribution in [1.29, 1.82) is 0 Å². The van der Waals surface area contributed by atoms with E-state index in [1.54, 1.807) is 6.20 Å². The van der Waals surface area contributed by atoms with E-state index in [4.69, 9.17) is 0 Å². The van der Waals surface area contributed by atoms with Crippen LogP contribution < -0.4 is 0 Å². The number of rotatable bonds is 4. The molecule has 0 atom stereocenters. The van der Waals surface area contributed by atoms with Gasteiger partial charge in [-0.1, -0.05) is 6.92 Å². The first-order chi connectivity index (χ1) is 9.76. The summed E-state index contributed by atoms with van der Waals surface area (Å²) in [6.07, 6.45) is 9.51. The van der Waals surface area contributed by atoms with E-state index in [1.807, 2.05) is 10.7 Å².